The first-order valence-corrected chi connectivity index (χ1v) is 8.35. The van der Waals surface area contributed by atoms with Crippen molar-refractivity contribution >= 4 is 34.7 Å². The number of ether oxygens (including phenoxy) is 2. The number of rotatable bonds is 4. The summed E-state index contributed by atoms with van der Waals surface area (Å²) in [6, 6.07) is 12.6. The molecule has 136 valence electrons. The Morgan fingerprint density at radius 2 is 1.85 bits per heavy atom. The number of pyridine rings is 1. The minimum absolute atomic E-state index is 0.0209. The highest BCUT2D eigenvalue weighted by atomic mass is 35.5. The van der Waals surface area contributed by atoms with Gasteiger partial charge in [0.15, 0.2) is 11.5 Å². The summed E-state index contributed by atoms with van der Waals surface area (Å²) in [5, 5.41) is 5.79. The molecule has 0 aliphatic carbocycles. The highest BCUT2D eigenvalue weighted by Crippen LogP contribution is 2.32. The number of anilines is 3. The third-order valence-corrected chi connectivity index (χ3v) is 4.14. The molecule has 1 aliphatic heterocycles. The fourth-order valence-electron chi connectivity index (χ4n) is 2.50. The molecule has 1 aliphatic rings. The number of nitrogens with zero attached hydrogens (tertiary/aromatic N) is 1. The van der Waals surface area contributed by atoms with Crippen LogP contribution in [0.4, 0.5) is 21.6 Å². The van der Waals surface area contributed by atoms with E-state index in [1.165, 1.54) is 18.3 Å². The van der Waals surface area contributed by atoms with Crippen LogP contribution in [0.25, 0.3) is 0 Å². The van der Waals surface area contributed by atoms with E-state index in [-0.39, 0.29) is 17.7 Å². The van der Waals surface area contributed by atoms with Gasteiger partial charge in [-0.15, -0.1) is 0 Å². The Hall–Kier alpha value is -3.32. The van der Waals surface area contributed by atoms with Crippen LogP contribution < -0.4 is 20.1 Å². The van der Waals surface area contributed by atoms with Gasteiger partial charge in [-0.1, -0.05) is 11.6 Å². The second-order valence-electron chi connectivity index (χ2n) is 5.71. The lowest BCUT2D eigenvalue weighted by molar-refractivity contribution is 0.102. The fraction of sp³-hybridized carbons (Fsp3) is 0.0526. The average Bonchev–Trinajstić information content (AvgIpc) is 3.14. The molecule has 3 aromatic rings. The van der Waals surface area contributed by atoms with Gasteiger partial charge in [-0.3, -0.25) is 4.79 Å². The van der Waals surface area contributed by atoms with Crippen molar-refractivity contribution in [1.82, 2.24) is 4.98 Å². The molecule has 0 saturated heterocycles. The second kappa shape index (κ2) is 7.13. The van der Waals surface area contributed by atoms with Crippen molar-refractivity contribution in [2.24, 2.45) is 0 Å². The van der Waals surface area contributed by atoms with Gasteiger partial charge in [-0.2, -0.15) is 0 Å². The Labute approximate surface area is 158 Å². The third-order valence-electron chi connectivity index (χ3n) is 3.85. The fourth-order valence-corrected chi connectivity index (χ4v) is 2.69. The van der Waals surface area contributed by atoms with Gasteiger partial charge in [0.05, 0.1) is 16.9 Å². The molecule has 6 nitrogen and oxygen atoms in total. The van der Waals surface area contributed by atoms with Crippen molar-refractivity contribution in [3.05, 3.63) is 71.1 Å². The third kappa shape index (κ3) is 3.78. The lowest BCUT2D eigenvalue weighted by atomic mass is 10.2. The number of benzene rings is 2. The molecule has 0 fully saturated rings. The van der Waals surface area contributed by atoms with Gasteiger partial charge < -0.3 is 20.1 Å². The van der Waals surface area contributed by atoms with Gasteiger partial charge >= 0.3 is 0 Å². The van der Waals surface area contributed by atoms with E-state index in [0.717, 1.165) is 0 Å². The van der Waals surface area contributed by atoms with E-state index in [1.54, 1.807) is 36.4 Å². The number of nitrogens with one attached hydrogen (secondary N) is 2. The summed E-state index contributed by atoms with van der Waals surface area (Å²) in [7, 11) is 0. The highest BCUT2D eigenvalue weighted by molar-refractivity contribution is 6.31. The molecule has 1 aromatic heterocycles. The summed E-state index contributed by atoms with van der Waals surface area (Å²) >= 11 is 5.76. The Morgan fingerprint density at radius 1 is 1.04 bits per heavy atom. The molecule has 2 aromatic carbocycles. The molecule has 8 heteroatoms. The number of carbonyl (C=O) groups is 1. The van der Waals surface area contributed by atoms with Crippen LogP contribution in [-0.2, 0) is 0 Å². The summed E-state index contributed by atoms with van der Waals surface area (Å²) in [5.41, 5.74) is 1.58. The standard InChI is InChI=1S/C19H13ClFN3O3/c20-14-8-12(2-4-15(14)21)23-18-6-3-13(9-22-18)24-19(25)11-1-5-16-17(7-11)27-10-26-16/h1-9H,10H2,(H,22,23)(H,24,25). The monoisotopic (exact) mass is 385 g/mol. The van der Waals surface area contributed by atoms with E-state index in [4.69, 9.17) is 21.1 Å². The highest BCUT2D eigenvalue weighted by Gasteiger charge is 2.16. The summed E-state index contributed by atoms with van der Waals surface area (Å²) in [5.74, 6) is 0.902. The summed E-state index contributed by atoms with van der Waals surface area (Å²) in [4.78, 5) is 16.6. The van der Waals surface area contributed by atoms with Crippen LogP contribution in [0, 0.1) is 5.82 Å². The number of carbonyl (C=O) groups excluding carboxylic acids is 1. The van der Waals surface area contributed by atoms with Gasteiger partial charge in [-0.25, -0.2) is 9.37 Å². The Bertz CT molecular complexity index is 1010. The van der Waals surface area contributed by atoms with Gasteiger partial charge in [0.25, 0.3) is 5.91 Å². The molecule has 0 atom stereocenters. The number of fused-ring (bicyclic) bond motifs is 1. The lowest BCUT2D eigenvalue weighted by Gasteiger charge is -2.09. The second-order valence-corrected chi connectivity index (χ2v) is 6.12. The smallest absolute Gasteiger partial charge is 0.255 e. The first-order valence-electron chi connectivity index (χ1n) is 7.97. The summed E-state index contributed by atoms with van der Waals surface area (Å²) in [6.45, 7) is 0.151. The molecule has 0 bridgehead atoms. The number of hydrogen-bond donors (Lipinski definition) is 2. The van der Waals surface area contributed by atoms with E-state index >= 15 is 0 Å². The number of aromatic nitrogens is 1. The molecule has 2 heterocycles. The normalized spacial score (nSPS) is 11.9. The minimum atomic E-state index is -0.489. The van der Waals surface area contributed by atoms with E-state index in [9.17, 15) is 9.18 Å². The maximum Gasteiger partial charge on any atom is 0.255 e. The number of amides is 1. The van der Waals surface area contributed by atoms with E-state index in [1.807, 2.05) is 0 Å². The average molecular weight is 386 g/mol. The van der Waals surface area contributed by atoms with Gasteiger partial charge in [0, 0.05) is 11.3 Å². The maximum atomic E-state index is 13.2. The summed E-state index contributed by atoms with van der Waals surface area (Å²) in [6.07, 6.45) is 1.51. The molecule has 27 heavy (non-hydrogen) atoms. The van der Waals surface area contributed by atoms with Crippen LogP contribution in [0.5, 0.6) is 11.5 Å². The largest absolute Gasteiger partial charge is 0.454 e. The predicted molar refractivity (Wildman–Crippen MR) is 99.4 cm³/mol. The van der Waals surface area contributed by atoms with E-state index in [2.05, 4.69) is 15.6 Å². The topological polar surface area (TPSA) is 72.5 Å². The van der Waals surface area contributed by atoms with Crippen molar-refractivity contribution in [1.29, 1.82) is 0 Å². The van der Waals surface area contributed by atoms with Crippen LogP contribution in [0.1, 0.15) is 10.4 Å². The van der Waals surface area contributed by atoms with Crippen molar-refractivity contribution < 1.29 is 18.7 Å². The predicted octanol–water partition coefficient (Wildman–Crippen LogP) is 4.60. The van der Waals surface area contributed by atoms with E-state index in [0.29, 0.717) is 34.3 Å². The molecule has 0 saturated carbocycles. The molecule has 0 radical (unpaired) electrons. The molecule has 1 amide bonds. The number of halogens is 2. The van der Waals surface area contributed by atoms with Crippen LogP contribution >= 0.6 is 11.6 Å². The molecule has 4 rings (SSSR count). The minimum Gasteiger partial charge on any atom is -0.454 e. The Morgan fingerprint density at radius 3 is 2.63 bits per heavy atom. The molecule has 0 unspecified atom stereocenters. The SMILES string of the molecule is O=C(Nc1ccc(Nc2ccc(F)c(Cl)c2)nc1)c1ccc2c(c1)OCO2. The molecule has 0 spiro atoms. The molecular weight excluding hydrogens is 373 g/mol. The Balaban J connectivity index is 1.43. The van der Waals surface area contributed by atoms with Crippen LogP contribution in [0.15, 0.2) is 54.7 Å². The van der Waals surface area contributed by atoms with Crippen molar-refractivity contribution in [2.75, 3.05) is 17.4 Å². The lowest BCUT2D eigenvalue weighted by Crippen LogP contribution is -2.12. The summed E-state index contributed by atoms with van der Waals surface area (Å²) < 4.78 is 23.7. The van der Waals surface area contributed by atoms with Crippen LogP contribution in [0.3, 0.4) is 0 Å². The molecular formula is C19H13ClFN3O3. The van der Waals surface area contributed by atoms with E-state index < -0.39 is 5.82 Å². The van der Waals surface area contributed by atoms with Gasteiger partial charge in [0.1, 0.15) is 11.6 Å². The first-order chi connectivity index (χ1) is 13.1. The zero-order chi connectivity index (χ0) is 18.8. The van der Waals surface area contributed by atoms with Crippen LogP contribution in [0.2, 0.25) is 5.02 Å². The van der Waals surface area contributed by atoms with Crippen molar-refractivity contribution in [2.45, 2.75) is 0 Å². The van der Waals surface area contributed by atoms with Crippen LogP contribution in [-0.4, -0.2) is 17.7 Å². The molecule has 2 N–H and O–H groups in total. The van der Waals surface area contributed by atoms with Gasteiger partial charge in [0.2, 0.25) is 6.79 Å². The zero-order valence-electron chi connectivity index (χ0n) is 13.8. The zero-order valence-corrected chi connectivity index (χ0v) is 14.6. The Kier molecular flexibility index (Phi) is 4.52. The first kappa shape index (κ1) is 17.1. The number of hydrogen-bond acceptors (Lipinski definition) is 5. The quantitative estimate of drug-likeness (QED) is 0.686. The van der Waals surface area contributed by atoms with Crippen molar-refractivity contribution in [3.8, 4) is 11.5 Å². The van der Waals surface area contributed by atoms with Crippen molar-refractivity contribution in [3.63, 3.8) is 0 Å². The van der Waals surface area contributed by atoms with Gasteiger partial charge in [-0.05, 0) is 48.5 Å². The maximum absolute atomic E-state index is 13.2.